The molecule has 0 atom stereocenters. The minimum atomic E-state index is 0.640. The van der Waals surface area contributed by atoms with Crippen molar-refractivity contribution < 1.29 is 4.52 Å². The monoisotopic (exact) mass is 355 g/mol. The number of tetrazole rings is 1. The Balaban J connectivity index is 1.49. The topological polar surface area (TPSA) is 69.6 Å². The van der Waals surface area contributed by atoms with Crippen LogP contribution in [-0.2, 0) is 5.75 Å². The summed E-state index contributed by atoms with van der Waals surface area (Å²) in [6.07, 6.45) is 0. The number of thioether (sulfide) groups is 1. The molecule has 0 unspecified atom stereocenters. The molecule has 4 rings (SSSR count). The second-order valence-electron chi connectivity index (χ2n) is 5.16. The average molecular weight is 355 g/mol. The number of aryl methyl sites for hydroxylation is 1. The van der Waals surface area contributed by atoms with Crippen LogP contribution in [0.3, 0.4) is 0 Å². The smallest absolute Gasteiger partial charge is 0.214 e. The number of rotatable bonds is 5. The van der Waals surface area contributed by atoms with Gasteiger partial charge in [-0.15, -0.1) is 16.4 Å². The number of hydrogen-bond donors (Lipinski definition) is 0. The van der Waals surface area contributed by atoms with Gasteiger partial charge in [-0.2, -0.15) is 4.68 Å². The molecule has 0 radical (unpaired) electrons. The van der Waals surface area contributed by atoms with Crippen molar-refractivity contribution in [3.63, 3.8) is 0 Å². The fourth-order valence-corrected chi connectivity index (χ4v) is 3.61. The molecule has 3 heterocycles. The quantitative estimate of drug-likeness (QED) is 0.504. The van der Waals surface area contributed by atoms with Crippen LogP contribution in [0.2, 0.25) is 0 Å². The van der Waals surface area contributed by atoms with Crippen molar-refractivity contribution >= 4 is 23.1 Å². The zero-order valence-electron chi connectivity index (χ0n) is 12.8. The van der Waals surface area contributed by atoms with Gasteiger partial charge in [0, 0.05) is 11.8 Å². The Morgan fingerprint density at radius 1 is 1.21 bits per heavy atom. The predicted octanol–water partition coefficient (Wildman–Crippen LogP) is 3.98. The van der Waals surface area contributed by atoms with Crippen LogP contribution in [0.15, 0.2) is 57.5 Å². The van der Waals surface area contributed by atoms with E-state index in [0.29, 0.717) is 5.75 Å². The van der Waals surface area contributed by atoms with Crippen LogP contribution in [0, 0.1) is 6.92 Å². The lowest BCUT2D eigenvalue weighted by Crippen LogP contribution is -1.99. The summed E-state index contributed by atoms with van der Waals surface area (Å²) in [7, 11) is 0. The zero-order valence-corrected chi connectivity index (χ0v) is 14.4. The third-order valence-electron chi connectivity index (χ3n) is 3.39. The highest BCUT2D eigenvalue weighted by molar-refractivity contribution is 7.98. The molecule has 8 heteroatoms. The average Bonchev–Trinajstić information content (AvgIpc) is 3.34. The number of nitrogens with zero attached hydrogens (tertiary/aromatic N) is 5. The number of hydrogen-bond acceptors (Lipinski definition) is 7. The molecule has 0 fully saturated rings. The third-order valence-corrected chi connectivity index (χ3v) is 5.23. The Morgan fingerprint density at radius 3 is 2.88 bits per heavy atom. The van der Waals surface area contributed by atoms with Gasteiger partial charge in [-0.3, -0.25) is 0 Å². The normalized spacial score (nSPS) is 11.0. The molecule has 0 amide bonds. The Labute approximate surface area is 146 Å². The van der Waals surface area contributed by atoms with Crippen molar-refractivity contribution in [1.82, 2.24) is 25.4 Å². The molecule has 120 valence electrons. The van der Waals surface area contributed by atoms with E-state index in [1.807, 2.05) is 47.8 Å². The molecule has 0 aliphatic heterocycles. The molecule has 0 saturated heterocycles. The number of benzene rings is 1. The van der Waals surface area contributed by atoms with Crippen molar-refractivity contribution in [3.8, 4) is 16.3 Å². The van der Waals surface area contributed by atoms with Gasteiger partial charge in [0.25, 0.3) is 0 Å². The van der Waals surface area contributed by atoms with Gasteiger partial charge in [-0.1, -0.05) is 40.7 Å². The highest BCUT2D eigenvalue weighted by Crippen LogP contribution is 2.28. The van der Waals surface area contributed by atoms with Crippen LogP contribution in [-0.4, -0.2) is 25.4 Å². The second kappa shape index (κ2) is 6.58. The third kappa shape index (κ3) is 3.10. The van der Waals surface area contributed by atoms with Crippen molar-refractivity contribution in [2.24, 2.45) is 0 Å². The van der Waals surface area contributed by atoms with Crippen LogP contribution in [0.4, 0.5) is 0 Å². The van der Waals surface area contributed by atoms with E-state index in [-0.39, 0.29) is 0 Å². The summed E-state index contributed by atoms with van der Waals surface area (Å²) in [6.45, 7) is 2.05. The fraction of sp³-hybridized carbons (Fsp3) is 0.125. The van der Waals surface area contributed by atoms with Crippen LogP contribution < -0.4 is 0 Å². The van der Waals surface area contributed by atoms with Crippen molar-refractivity contribution in [2.75, 3.05) is 0 Å². The van der Waals surface area contributed by atoms with Crippen molar-refractivity contribution in [1.29, 1.82) is 0 Å². The van der Waals surface area contributed by atoms with Gasteiger partial charge < -0.3 is 4.52 Å². The van der Waals surface area contributed by atoms with Crippen LogP contribution in [0.5, 0.6) is 0 Å². The first kappa shape index (κ1) is 15.1. The summed E-state index contributed by atoms with van der Waals surface area (Å²) >= 11 is 3.15. The molecule has 0 saturated carbocycles. The Hall–Kier alpha value is -2.45. The van der Waals surface area contributed by atoms with Gasteiger partial charge in [0.2, 0.25) is 5.16 Å². The maximum atomic E-state index is 5.40. The van der Waals surface area contributed by atoms with E-state index >= 15 is 0 Å². The first-order valence-corrected chi connectivity index (χ1v) is 9.14. The maximum absolute atomic E-state index is 5.40. The van der Waals surface area contributed by atoms with Crippen LogP contribution in [0.1, 0.15) is 11.3 Å². The summed E-state index contributed by atoms with van der Waals surface area (Å²) in [5, 5.41) is 18.8. The maximum Gasteiger partial charge on any atom is 0.214 e. The van der Waals surface area contributed by atoms with E-state index in [0.717, 1.165) is 27.2 Å². The van der Waals surface area contributed by atoms with Crippen molar-refractivity contribution in [2.45, 2.75) is 17.8 Å². The highest BCUT2D eigenvalue weighted by Gasteiger charge is 2.12. The molecule has 1 aromatic carbocycles. The van der Waals surface area contributed by atoms with E-state index < -0.39 is 0 Å². The second-order valence-corrected chi connectivity index (χ2v) is 7.05. The largest absolute Gasteiger partial charge is 0.355 e. The summed E-state index contributed by atoms with van der Waals surface area (Å²) in [6, 6.07) is 14.0. The van der Waals surface area contributed by atoms with Crippen LogP contribution in [0.25, 0.3) is 16.3 Å². The molecule has 0 aliphatic rings. The number of thiophene rings is 1. The fourth-order valence-electron chi connectivity index (χ4n) is 2.17. The number of aromatic nitrogens is 5. The van der Waals surface area contributed by atoms with E-state index in [9.17, 15) is 0 Å². The molecule has 24 heavy (non-hydrogen) atoms. The minimum Gasteiger partial charge on any atom is -0.355 e. The van der Waals surface area contributed by atoms with Gasteiger partial charge in [0.05, 0.1) is 16.3 Å². The molecule has 0 N–H and O–H groups in total. The molecule has 0 spiro atoms. The predicted molar refractivity (Wildman–Crippen MR) is 93.3 cm³/mol. The lowest BCUT2D eigenvalue weighted by molar-refractivity contribution is 0.427. The summed E-state index contributed by atoms with van der Waals surface area (Å²) in [5.41, 5.74) is 3.00. The molecule has 0 aliphatic carbocycles. The SMILES string of the molecule is Cc1ccc(-n2nnnc2SCc2cc(-c3cccs3)on2)cc1. The highest BCUT2D eigenvalue weighted by atomic mass is 32.2. The lowest BCUT2D eigenvalue weighted by atomic mass is 10.2. The molecule has 0 bridgehead atoms. The van der Waals surface area contributed by atoms with Gasteiger partial charge in [-0.25, -0.2) is 0 Å². The molecular weight excluding hydrogens is 342 g/mol. The summed E-state index contributed by atoms with van der Waals surface area (Å²) in [5.74, 6) is 1.43. The van der Waals surface area contributed by atoms with Gasteiger partial charge in [-0.05, 0) is 40.9 Å². The van der Waals surface area contributed by atoms with Gasteiger partial charge >= 0.3 is 0 Å². The Morgan fingerprint density at radius 2 is 2.08 bits per heavy atom. The summed E-state index contributed by atoms with van der Waals surface area (Å²) < 4.78 is 7.12. The first-order chi connectivity index (χ1) is 11.8. The molecule has 4 aromatic rings. The van der Waals surface area contributed by atoms with E-state index in [2.05, 4.69) is 27.6 Å². The zero-order chi connectivity index (χ0) is 16.4. The lowest BCUT2D eigenvalue weighted by Gasteiger charge is -2.03. The van der Waals surface area contributed by atoms with E-state index in [4.69, 9.17) is 4.52 Å². The van der Waals surface area contributed by atoms with Crippen LogP contribution >= 0.6 is 23.1 Å². The minimum absolute atomic E-state index is 0.640. The van der Waals surface area contributed by atoms with Crippen molar-refractivity contribution in [3.05, 3.63) is 59.1 Å². The van der Waals surface area contributed by atoms with E-state index in [1.54, 1.807) is 16.0 Å². The Bertz CT molecular complexity index is 928. The Kier molecular flexibility index (Phi) is 4.14. The molecular formula is C16H13N5OS2. The molecule has 6 nitrogen and oxygen atoms in total. The standard InChI is InChI=1S/C16H13N5OS2/c1-11-4-6-13(7-5-11)21-16(17-19-20-21)24-10-12-9-14(22-18-12)15-3-2-8-23-15/h2-9H,10H2,1H3. The van der Waals surface area contributed by atoms with Gasteiger partial charge in [0.15, 0.2) is 5.76 Å². The summed E-state index contributed by atoms with van der Waals surface area (Å²) in [4.78, 5) is 1.07. The molecule has 3 aromatic heterocycles. The van der Waals surface area contributed by atoms with Gasteiger partial charge in [0.1, 0.15) is 0 Å². The van der Waals surface area contributed by atoms with E-state index in [1.165, 1.54) is 17.3 Å². The first-order valence-electron chi connectivity index (χ1n) is 7.27.